The van der Waals surface area contributed by atoms with Crippen LogP contribution in [-0.4, -0.2) is 60.5 Å². The van der Waals surface area contributed by atoms with Gasteiger partial charge in [0.15, 0.2) is 0 Å². The van der Waals surface area contributed by atoms with Crippen molar-refractivity contribution in [3.05, 3.63) is 75.6 Å². The maximum atomic E-state index is 12.7. The average molecular weight is 494 g/mol. The fourth-order valence-electron chi connectivity index (χ4n) is 4.79. The quantitative estimate of drug-likeness (QED) is 0.273. The second-order valence-corrected chi connectivity index (χ2v) is 10.4. The van der Waals surface area contributed by atoms with E-state index in [1.54, 1.807) is 17.8 Å². The first-order chi connectivity index (χ1) is 17.0. The molecule has 1 aliphatic rings. The minimum Gasteiger partial charge on any atom is -0.465 e. The largest absolute Gasteiger partial charge is 0.465 e. The summed E-state index contributed by atoms with van der Waals surface area (Å²) in [6.07, 6.45) is 2.21. The van der Waals surface area contributed by atoms with Crippen LogP contribution in [-0.2, 0) is 11.3 Å². The van der Waals surface area contributed by atoms with Crippen LogP contribution in [0, 0.1) is 13.8 Å². The Balaban J connectivity index is 1.23. The van der Waals surface area contributed by atoms with Gasteiger partial charge in [-0.25, -0.2) is 4.79 Å². The molecule has 6 nitrogen and oxygen atoms in total. The molecule has 7 heteroatoms. The van der Waals surface area contributed by atoms with Gasteiger partial charge >= 0.3 is 5.97 Å². The number of ether oxygens (including phenoxy) is 1. The molecular formula is C28H35N3O3S. The van der Waals surface area contributed by atoms with Gasteiger partial charge in [0.25, 0.3) is 5.56 Å². The summed E-state index contributed by atoms with van der Waals surface area (Å²) in [5.41, 5.74) is 3.97. The molecule has 0 bridgehead atoms. The number of hydrogen-bond donors (Lipinski definition) is 1. The molecule has 1 aliphatic heterocycles. The van der Waals surface area contributed by atoms with Crippen molar-refractivity contribution in [2.45, 2.75) is 44.2 Å². The van der Waals surface area contributed by atoms with E-state index >= 15 is 0 Å². The van der Waals surface area contributed by atoms with Crippen LogP contribution in [0.5, 0.6) is 0 Å². The molecule has 1 N–H and O–H groups in total. The van der Waals surface area contributed by atoms with Crippen LogP contribution in [0.2, 0.25) is 0 Å². The SMILES string of the molecule is COC(=O)c1ccccc1SCCNC1CCN(CCn2c(=O)cc(C)c3ccc(C)cc32)CC1. The van der Waals surface area contributed by atoms with Gasteiger partial charge in [0.2, 0.25) is 0 Å². The Bertz CT molecular complexity index is 1230. The number of methoxy groups -OCH3 is 1. The molecule has 0 unspecified atom stereocenters. The minimum atomic E-state index is -0.288. The average Bonchev–Trinajstić information content (AvgIpc) is 2.87. The Morgan fingerprint density at radius 3 is 2.63 bits per heavy atom. The lowest BCUT2D eigenvalue weighted by Crippen LogP contribution is -2.44. The zero-order valence-electron chi connectivity index (χ0n) is 20.9. The zero-order chi connectivity index (χ0) is 24.8. The van der Waals surface area contributed by atoms with E-state index in [1.807, 2.05) is 35.8 Å². The molecular weight excluding hydrogens is 458 g/mol. The highest BCUT2D eigenvalue weighted by Crippen LogP contribution is 2.23. The van der Waals surface area contributed by atoms with E-state index in [-0.39, 0.29) is 11.5 Å². The van der Waals surface area contributed by atoms with E-state index in [4.69, 9.17) is 4.74 Å². The van der Waals surface area contributed by atoms with Gasteiger partial charge < -0.3 is 19.5 Å². The van der Waals surface area contributed by atoms with Crippen molar-refractivity contribution in [2.24, 2.45) is 0 Å². The molecule has 1 aromatic heterocycles. The molecule has 4 rings (SSSR count). The third-order valence-corrected chi connectivity index (χ3v) is 7.86. The first-order valence-electron chi connectivity index (χ1n) is 12.3. The highest BCUT2D eigenvalue weighted by atomic mass is 32.2. The zero-order valence-corrected chi connectivity index (χ0v) is 21.7. The molecule has 0 spiro atoms. The molecule has 1 saturated heterocycles. The number of rotatable bonds is 9. The third kappa shape index (κ3) is 6.34. The van der Waals surface area contributed by atoms with Gasteiger partial charge in [0, 0.05) is 47.8 Å². The number of carbonyl (C=O) groups excluding carboxylic acids is 1. The van der Waals surface area contributed by atoms with E-state index in [0.717, 1.165) is 66.1 Å². The van der Waals surface area contributed by atoms with E-state index in [0.29, 0.717) is 18.2 Å². The summed E-state index contributed by atoms with van der Waals surface area (Å²) in [5, 5.41) is 4.83. The first-order valence-corrected chi connectivity index (χ1v) is 13.3. The summed E-state index contributed by atoms with van der Waals surface area (Å²) in [6.45, 7) is 8.66. The number of aryl methyl sites for hydroxylation is 2. The van der Waals surface area contributed by atoms with Crippen LogP contribution >= 0.6 is 11.8 Å². The summed E-state index contributed by atoms with van der Waals surface area (Å²) in [5.74, 6) is 0.612. The maximum absolute atomic E-state index is 12.7. The van der Waals surface area contributed by atoms with Crippen molar-refractivity contribution in [3.63, 3.8) is 0 Å². The lowest BCUT2D eigenvalue weighted by atomic mass is 10.1. The van der Waals surface area contributed by atoms with Crippen molar-refractivity contribution >= 4 is 28.6 Å². The number of nitrogens with zero attached hydrogens (tertiary/aromatic N) is 2. The summed E-state index contributed by atoms with van der Waals surface area (Å²) in [6, 6.07) is 16.2. The lowest BCUT2D eigenvalue weighted by Gasteiger charge is -2.32. The standard InChI is InChI=1S/C28H35N3O3S/c1-20-8-9-23-21(2)19-27(32)31(25(23)18-20)16-15-30-13-10-22(11-14-30)29-12-17-35-26-7-5-4-6-24(26)28(33)34-3/h4-9,18-19,22,29H,10-17H2,1-3H3. The fraction of sp³-hybridized carbons (Fsp3) is 0.429. The number of hydrogen-bond acceptors (Lipinski definition) is 6. The predicted octanol–water partition coefficient (Wildman–Crippen LogP) is 4.25. The second-order valence-electron chi connectivity index (χ2n) is 9.24. The minimum absolute atomic E-state index is 0.0865. The van der Waals surface area contributed by atoms with E-state index in [9.17, 15) is 9.59 Å². The number of pyridine rings is 1. The van der Waals surface area contributed by atoms with Crippen LogP contribution in [0.1, 0.15) is 34.3 Å². The number of piperidine rings is 1. The van der Waals surface area contributed by atoms with Crippen LogP contribution in [0.25, 0.3) is 10.9 Å². The number of carbonyl (C=O) groups is 1. The van der Waals surface area contributed by atoms with Crippen molar-refractivity contribution in [1.29, 1.82) is 0 Å². The van der Waals surface area contributed by atoms with Crippen molar-refractivity contribution in [2.75, 3.05) is 39.0 Å². The molecule has 1 fully saturated rings. The monoisotopic (exact) mass is 493 g/mol. The number of likely N-dealkylation sites (tertiary alicyclic amines) is 1. The Labute approximate surface area is 211 Å². The predicted molar refractivity (Wildman–Crippen MR) is 144 cm³/mol. The Hall–Kier alpha value is -2.61. The Kier molecular flexibility index (Phi) is 8.65. The fourth-order valence-corrected chi connectivity index (χ4v) is 5.71. The second kappa shape index (κ2) is 11.9. The first kappa shape index (κ1) is 25.5. The van der Waals surface area contributed by atoms with Crippen LogP contribution in [0.3, 0.4) is 0 Å². The van der Waals surface area contributed by atoms with E-state index in [2.05, 4.69) is 35.3 Å². The van der Waals surface area contributed by atoms with Crippen LogP contribution < -0.4 is 10.9 Å². The lowest BCUT2D eigenvalue weighted by molar-refractivity contribution is 0.0597. The summed E-state index contributed by atoms with van der Waals surface area (Å²) < 4.78 is 6.82. The van der Waals surface area contributed by atoms with Crippen LogP contribution in [0.15, 0.2) is 58.2 Å². The number of thioether (sulfide) groups is 1. The van der Waals surface area contributed by atoms with Gasteiger partial charge in [0.05, 0.1) is 18.2 Å². The Morgan fingerprint density at radius 1 is 1.09 bits per heavy atom. The van der Waals surface area contributed by atoms with Gasteiger partial charge in [-0.05, 0) is 69.1 Å². The molecule has 0 amide bonds. The third-order valence-electron chi connectivity index (χ3n) is 6.79. The van der Waals surface area contributed by atoms with Crippen molar-refractivity contribution < 1.29 is 9.53 Å². The normalized spacial score (nSPS) is 14.9. The van der Waals surface area contributed by atoms with Gasteiger partial charge in [-0.3, -0.25) is 4.79 Å². The smallest absolute Gasteiger partial charge is 0.338 e. The molecule has 186 valence electrons. The highest BCUT2D eigenvalue weighted by molar-refractivity contribution is 7.99. The highest BCUT2D eigenvalue weighted by Gasteiger charge is 2.19. The van der Waals surface area contributed by atoms with Gasteiger partial charge in [-0.15, -0.1) is 11.8 Å². The van der Waals surface area contributed by atoms with Crippen molar-refractivity contribution in [1.82, 2.24) is 14.8 Å². The maximum Gasteiger partial charge on any atom is 0.338 e. The number of nitrogens with one attached hydrogen (secondary N) is 1. The van der Waals surface area contributed by atoms with Gasteiger partial charge in [-0.1, -0.05) is 24.3 Å². The molecule has 2 aromatic carbocycles. The molecule has 3 aromatic rings. The number of benzene rings is 2. The number of aromatic nitrogens is 1. The van der Waals surface area contributed by atoms with Crippen molar-refractivity contribution in [3.8, 4) is 0 Å². The molecule has 0 radical (unpaired) electrons. The number of esters is 1. The molecule has 35 heavy (non-hydrogen) atoms. The van der Waals surface area contributed by atoms with Gasteiger partial charge in [-0.2, -0.15) is 0 Å². The summed E-state index contributed by atoms with van der Waals surface area (Å²) in [4.78, 5) is 28.1. The topological polar surface area (TPSA) is 63.6 Å². The van der Waals surface area contributed by atoms with E-state index in [1.165, 1.54) is 12.7 Å². The summed E-state index contributed by atoms with van der Waals surface area (Å²) in [7, 11) is 1.42. The molecule has 0 saturated carbocycles. The molecule has 0 aliphatic carbocycles. The van der Waals surface area contributed by atoms with Gasteiger partial charge in [0.1, 0.15) is 0 Å². The van der Waals surface area contributed by atoms with E-state index < -0.39 is 0 Å². The number of fused-ring (bicyclic) bond motifs is 1. The Morgan fingerprint density at radius 2 is 1.86 bits per heavy atom. The molecule has 0 atom stereocenters. The van der Waals surface area contributed by atoms with Crippen LogP contribution in [0.4, 0.5) is 0 Å². The molecule has 2 heterocycles. The summed E-state index contributed by atoms with van der Waals surface area (Å²) >= 11 is 1.68.